The minimum atomic E-state index is 0.0483. The average Bonchev–Trinajstić information content (AvgIpc) is 2.90. The smallest absolute Gasteiger partial charge is 0.227 e. The number of rotatable bonds is 3. The van der Waals surface area contributed by atoms with E-state index < -0.39 is 0 Å². The lowest BCUT2D eigenvalue weighted by Gasteiger charge is -2.25. The van der Waals surface area contributed by atoms with Gasteiger partial charge in [-0.05, 0) is 37.5 Å². The Morgan fingerprint density at radius 2 is 2.23 bits per heavy atom. The predicted octanol–water partition coefficient (Wildman–Crippen LogP) is 3.88. The second kappa shape index (κ2) is 6.34. The van der Waals surface area contributed by atoms with Gasteiger partial charge in [-0.2, -0.15) is 0 Å². The molecule has 0 radical (unpaired) electrons. The molecule has 1 aromatic carbocycles. The number of hydrogen-bond acceptors (Lipinski definition) is 4. The van der Waals surface area contributed by atoms with Gasteiger partial charge >= 0.3 is 0 Å². The van der Waals surface area contributed by atoms with Crippen molar-refractivity contribution in [1.82, 2.24) is 4.98 Å². The van der Waals surface area contributed by atoms with E-state index in [-0.39, 0.29) is 17.9 Å². The Kier molecular flexibility index (Phi) is 4.45. The van der Waals surface area contributed by atoms with Crippen LogP contribution in [-0.4, -0.2) is 16.9 Å². The third kappa shape index (κ3) is 3.31. The molecule has 0 bridgehead atoms. The molecule has 4 nitrogen and oxygen atoms in total. The fourth-order valence-electron chi connectivity index (χ4n) is 2.98. The molecule has 1 aliphatic carbocycles. The van der Waals surface area contributed by atoms with Crippen molar-refractivity contribution in [2.45, 2.75) is 51.5 Å². The molecule has 0 saturated heterocycles. The van der Waals surface area contributed by atoms with Crippen LogP contribution >= 0.6 is 11.3 Å². The zero-order valence-corrected chi connectivity index (χ0v) is 14.0. The third-order valence-corrected chi connectivity index (χ3v) is 5.57. The molecular formula is C17H23N3OS. The summed E-state index contributed by atoms with van der Waals surface area (Å²) in [6, 6.07) is 6.12. The van der Waals surface area contributed by atoms with E-state index in [1.807, 2.05) is 18.2 Å². The largest absolute Gasteiger partial charge is 0.328 e. The van der Waals surface area contributed by atoms with E-state index in [9.17, 15) is 4.79 Å². The molecule has 3 rings (SSSR count). The summed E-state index contributed by atoms with van der Waals surface area (Å²) in [5.41, 5.74) is 7.84. The molecule has 2 aromatic rings. The molecule has 118 valence electrons. The van der Waals surface area contributed by atoms with Crippen LogP contribution in [0.2, 0.25) is 0 Å². The van der Waals surface area contributed by atoms with E-state index in [0.29, 0.717) is 5.92 Å². The predicted molar refractivity (Wildman–Crippen MR) is 92.3 cm³/mol. The van der Waals surface area contributed by atoms with Crippen LogP contribution in [0, 0.1) is 5.92 Å². The molecule has 0 spiro atoms. The quantitative estimate of drug-likeness (QED) is 0.903. The Labute approximate surface area is 135 Å². The highest BCUT2D eigenvalue weighted by Crippen LogP contribution is 2.30. The fourth-order valence-corrected chi connectivity index (χ4v) is 3.99. The van der Waals surface area contributed by atoms with Gasteiger partial charge in [-0.3, -0.25) is 4.79 Å². The van der Waals surface area contributed by atoms with Gasteiger partial charge in [0.2, 0.25) is 5.91 Å². The van der Waals surface area contributed by atoms with Crippen LogP contribution in [0.1, 0.15) is 50.5 Å². The highest BCUT2D eigenvalue weighted by Gasteiger charge is 2.25. The number of benzene rings is 1. The second-order valence-electron chi connectivity index (χ2n) is 6.50. The highest BCUT2D eigenvalue weighted by molar-refractivity contribution is 7.18. The monoisotopic (exact) mass is 317 g/mol. The number of nitrogens with two attached hydrogens (primary N) is 1. The summed E-state index contributed by atoms with van der Waals surface area (Å²) in [5, 5.41) is 4.18. The van der Waals surface area contributed by atoms with Gasteiger partial charge in [0, 0.05) is 23.6 Å². The van der Waals surface area contributed by atoms with Gasteiger partial charge in [0.15, 0.2) is 0 Å². The van der Waals surface area contributed by atoms with Gasteiger partial charge < -0.3 is 11.1 Å². The molecule has 1 aromatic heterocycles. The minimum Gasteiger partial charge on any atom is -0.328 e. The zero-order chi connectivity index (χ0) is 15.7. The molecule has 1 amide bonds. The molecule has 3 N–H and O–H groups in total. The van der Waals surface area contributed by atoms with Gasteiger partial charge in [0.05, 0.1) is 15.2 Å². The number of anilines is 1. The average molecular weight is 317 g/mol. The number of fused-ring (bicyclic) bond motifs is 1. The number of thiazole rings is 1. The Balaban J connectivity index is 1.74. The fraction of sp³-hybridized carbons (Fsp3) is 0.529. The van der Waals surface area contributed by atoms with Crippen LogP contribution in [0.25, 0.3) is 10.2 Å². The van der Waals surface area contributed by atoms with Gasteiger partial charge in [-0.25, -0.2) is 4.98 Å². The maximum Gasteiger partial charge on any atom is 0.227 e. The SMILES string of the molecule is CC(C)c1nc2ccc(NC(=O)C3CCCC(N)C3)cc2s1. The van der Waals surface area contributed by atoms with Crippen molar-refractivity contribution < 1.29 is 4.79 Å². The molecule has 1 aliphatic rings. The van der Waals surface area contributed by atoms with Crippen LogP contribution in [0.5, 0.6) is 0 Å². The van der Waals surface area contributed by atoms with E-state index >= 15 is 0 Å². The summed E-state index contributed by atoms with van der Waals surface area (Å²) >= 11 is 1.70. The number of nitrogens with one attached hydrogen (secondary N) is 1. The topological polar surface area (TPSA) is 68.0 Å². The van der Waals surface area contributed by atoms with Crippen LogP contribution < -0.4 is 11.1 Å². The summed E-state index contributed by atoms with van der Waals surface area (Å²) in [5.74, 6) is 0.578. The molecular weight excluding hydrogens is 294 g/mol. The minimum absolute atomic E-state index is 0.0483. The Morgan fingerprint density at radius 1 is 1.41 bits per heavy atom. The van der Waals surface area contributed by atoms with Crippen LogP contribution in [0.15, 0.2) is 18.2 Å². The van der Waals surface area contributed by atoms with Crippen LogP contribution in [0.3, 0.4) is 0 Å². The summed E-state index contributed by atoms with van der Waals surface area (Å²) in [6.45, 7) is 4.29. The van der Waals surface area contributed by atoms with Crippen molar-refractivity contribution in [3.05, 3.63) is 23.2 Å². The first-order valence-electron chi connectivity index (χ1n) is 8.00. The standard InChI is InChI=1S/C17H23N3OS/c1-10(2)17-20-14-7-6-13(9-15(14)22-17)19-16(21)11-4-3-5-12(18)8-11/h6-7,9-12H,3-5,8,18H2,1-2H3,(H,19,21). The molecule has 2 unspecified atom stereocenters. The van der Waals surface area contributed by atoms with Gasteiger partial charge in [-0.1, -0.05) is 20.3 Å². The van der Waals surface area contributed by atoms with Gasteiger partial charge in [0.1, 0.15) is 0 Å². The lowest BCUT2D eigenvalue weighted by Crippen LogP contribution is -2.34. The summed E-state index contributed by atoms with van der Waals surface area (Å²) in [7, 11) is 0. The van der Waals surface area contributed by atoms with Crippen molar-refractivity contribution >= 4 is 33.1 Å². The number of aromatic nitrogens is 1. The van der Waals surface area contributed by atoms with E-state index in [1.165, 1.54) is 0 Å². The first-order chi connectivity index (χ1) is 10.5. The van der Waals surface area contributed by atoms with Crippen molar-refractivity contribution in [1.29, 1.82) is 0 Å². The van der Waals surface area contributed by atoms with Crippen molar-refractivity contribution in [3.63, 3.8) is 0 Å². The number of nitrogens with zero attached hydrogens (tertiary/aromatic N) is 1. The molecule has 1 fully saturated rings. The van der Waals surface area contributed by atoms with Crippen molar-refractivity contribution in [2.75, 3.05) is 5.32 Å². The number of carbonyl (C=O) groups excluding carboxylic acids is 1. The lowest BCUT2D eigenvalue weighted by molar-refractivity contribution is -0.120. The summed E-state index contributed by atoms with van der Waals surface area (Å²) < 4.78 is 1.13. The number of hydrogen-bond donors (Lipinski definition) is 2. The van der Waals surface area contributed by atoms with Crippen molar-refractivity contribution in [3.8, 4) is 0 Å². The summed E-state index contributed by atoms with van der Waals surface area (Å²) in [6.07, 6.45) is 3.82. The molecule has 1 saturated carbocycles. The summed E-state index contributed by atoms with van der Waals surface area (Å²) in [4.78, 5) is 17.0. The van der Waals surface area contributed by atoms with E-state index in [1.54, 1.807) is 11.3 Å². The maximum atomic E-state index is 12.4. The third-order valence-electron chi connectivity index (χ3n) is 4.25. The Hall–Kier alpha value is -1.46. The Morgan fingerprint density at radius 3 is 2.95 bits per heavy atom. The molecule has 1 heterocycles. The first kappa shape index (κ1) is 15.4. The van der Waals surface area contributed by atoms with Crippen LogP contribution in [-0.2, 0) is 4.79 Å². The molecule has 5 heteroatoms. The first-order valence-corrected chi connectivity index (χ1v) is 8.81. The second-order valence-corrected chi connectivity index (χ2v) is 7.56. The molecule has 2 atom stereocenters. The maximum absolute atomic E-state index is 12.4. The van der Waals surface area contributed by atoms with Gasteiger partial charge in [0.25, 0.3) is 0 Å². The zero-order valence-electron chi connectivity index (χ0n) is 13.1. The normalized spacial score (nSPS) is 22.2. The van der Waals surface area contributed by atoms with E-state index in [0.717, 1.165) is 46.6 Å². The van der Waals surface area contributed by atoms with Crippen LogP contribution in [0.4, 0.5) is 5.69 Å². The highest BCUT2D eigenvalue weighted by atomic mass is 32.1. The van der Waals surface area contributed by atoms with Gasteiger partial charge in [-0.15, -0.1) is 11.3 Å². The molecule has 0 aliphatic heterocycles. The van der Waals surface area contributed by atoms with E-state index in [4.69, 9.17) is 5.73 Å². The van der Waals surface area contributed by atoms with Crippen molar-refractivity contribution in [2.24, 2.45) is 11.7 Å². The molecule has 22 heavy (non-hydrogen) atoms. The lowest BCUT2D eigenvalue weighted by atomic mass is 9.85. The number of carbonyl (C=O) groups is 1. The van der Waals surface area contributed by atoms with E-state index in [2.05, 4.69) is 24.1 Å². The Bertz CT molecular complexity index is 680. The number of amides is 1.